The van der Waals surface area contributed by atoms with Crippen LogP contribution in [0.15, 0.2) is 65.8 Å². The van der Waals surface area contributed by atoms with Crippen LogP contribution in [-0.4, -0.2) is 178 Å². The van der Waals surface area contributed by atoms with Crippen molar-refractivity contribution < 1.29 is 57.8 Å². The number of aromatic nitrogens is 1. The number of nitrogens with zero attached hydrogens (tertiary/aromatic N) is 2. The number of urea groups is 1. The number of carboxylic acid groups (broad SMARTS) is 1. The number of hydrogen-bond acceptors (Lipinski definition) is 16. The molecule has 9 atom stereocenters. The Bertz CT molecular complexity index is 2830. The van der Waals surface area contributed by atoms with Gasteiger partial charge in [0.05, 0.1) is 19.4 Å². The zero-order valence-electron chi connectivity index (χ0n) is 45.0. The van der Waals surface area contributed by atoms with Gasteiger partial charge in [-0.25, -0.2) is 4.79 Å². The number of guanidine groups is 1. The zero-order chi connectivity index (χ0) is 59.3. The molecule has 3 aliphatic heterocycles. The second kappa shape index (κ2) is 31.0. The minimum atomic E-state index is -1.68. The van der Waals surface area contributed by atoms with Crippen molar-refractivity contribution in [1.82, 2.24) is 63.1 Å². The molecule has 3 aliphatic rings. The van der Waals surface area contributed by atoms with E-state index in [-0.39, 0.29) is 75.6 Å². The molecule has 3 aromatic rings. The number of imide groups is 1. The molecule has 1 unspecified atom stereocenters. The van der Waals surface area contributed by atoms with Crippen molar-refractivity contribution in [1.29, 1.82) is 5.41 Å². The topological polar surface area (TPSA) is 436 Å². The van der Waals surface area contributed by atoms with Crippen LogP contribution in [0.25, 0.3) is 10.9 Å². The predicted molar refractivity (Wildman–Crippen MR) is 304 cm³/mol. The molecule has 0 saturated carbocycles. The highest BCUT2D eigenvalue weighted by atomic mass is 33.1. The zero-order valence-corrected chi connectivity index (χ0v) is 46.6. The van der Waals surface area contributed by atoms with Crippen LogP contribution in [-0.2, 0) is 60.8 Å². The van der Waals surface area contributed by atoms with Gasteiger partial charge in [-0.05, 0) is 49.3 Å². The van der Waals surface area contributed by atoms with Gasteiger partial charge in [-0.15, -0.1) is 0 Å². The van der Waals surface area contributed by atoms with Crippen molar-refractivity contribution in [3.05, 3.63) is 71.9 Å². The Labute approximate surface area is 479 Å². The lowest BCUT2D eigenvalue weighted by atomic mass is 10.0. The Balaban J connectivity index is 1.41. The Hall–Kier alpha value is -8.41. The Morgan fingerprint density at radius 1 is 0.768 bits per heavy atom. The highest BCUT2D eigenvalue weighted by molar-refractivity contribution is 8.76. The first-order valence-corrected chi connectivity index (χ1v) is 29.2. The minimum absolute atomic E-state index is 0.0145. The molecule has 0 bridgehead atoms. The van der Waals surface area contributed by atoms with E-state index in [0.29, 0.717) is 29.4 Å². The fraction of sp³-hybridized carbons (Fsp3) is 0.481. The van der Waals surface area contributed by atoms with Gasteiger partial charge >= 0.3 is 12.0 Å². The highest BCUT2D eigenvalue weighted by Crippen LogP contribution is 2.25. The highest BCUT2D eigenvalue weighted by Gasteiger charge is 2.41. The van der Waals surface area contributed by atoms with Crippen molar-refractivity contribution in [2.45, 2.75) is 126 Å². The second-order valence-electron chi connectivity index (χ2n) is 19.7. The van der Waals surface area contributed by atoms with E-state index < -0.39 is 132 Å². The van der Waals surface area contributed by atoms with Gasteiger partial charge in [0.25, 0.3) is 5.91 Å². The first kappa shape index (κ1) is 62.8. The van der Waals surface area contributed by atoms with Crippen molar-refractivity contribution >= 4 is 110 Å². The summed E-state index contributed by atoms with van der Waals surface area (Å²) in [5, 5.41) is 44.8. The summed E-state index contributed by atoms with van der Waals surface area (Å²) in [4.78, 5) is 161. The smallest absolute Gasteiger partial charge is 0.325 e. The molecule has 2 saturated heterocycles. The van der Waals surface area contributed by atoms with Crippen LogP contribution < -0.4 is 64.6 Å². The van der Waals surface area contributed by atoms with Crippen LogP contribution in [0.1, 0.15) is 69.4 Å². The lowest BCUT2D eigenvalue weighted by Crippen LogP contribution is -2.61. The molecular weight excluding hydrogens is 1100 g/mol. The van der Waals surface area contributed by atoms with Crippen LogP contribution >= 0.6 is 21.6 Å². The lowest BCUT2D eigenvalue weighted by Gasteiger charge is -2.29. The SMILES string of the molecule is CCCC[C@@H](C(=O)N[C@H]1CSSC[C@@H](C(N)=O)NC(=O)[C@H](Cc2c[nH]c3ccccc23)NC(=O)[C@H](CCCNC(=N)N)NC(=O)[C@@H](Cc2ccccc2)NC(=O)[C@H](CC2CN=CN2)NC(=O)[C@H](CCC(=O)O)NC1=O)N1C(=O)CNC1=O. The average Bonchev–Trinajstić information content (AvgIpc) is 4.26. The summed E-state index contributed by atoms with van der Waals surface area (Å²) in [5.41, 5.74) is 13.3. The number of unbranched alkanes of at least 4 members (excludes halogenated alkanes) is 1. The number of primary amides is 1. The monoisotopic (exact) mass is 1170 g/mol. The third-order valence-corrected chi connectivity index (χ3v) is 16.0. The van der Waals surface area contributed by atoms with Crippen molar-refractivity contribution in [3.63, 3.8) is 0 Å². The fourth-order valence-corrected chi connectivity index (χ4v) is 11.6. The number of nitrogens with one attached hydrogen (secondary N) is 12. The number of nitrogens with two attached hydrogens (primary N) is 2. The molecule has 30 heteroatoms. The number of carbonyl (C=O) groups excluding carboxylic acids is 10. The first-order valence-electron chi connectivity index (χ1n) is 26.7. The van der Waals surface area contributed by atoms with Gasteiger partial charge in [-0.3, -0.25) is 63.2 Å². The molecule has 11 amide bonds. The van der Waals surface area contributed by atoms with Crippen LogP contribution in [0.2, 0.25) is 0 Å². The molecule has 82 heavy (non-hydrogen) atoms. The molecule has 28 nitrogen and oxygen atoms in total. The predicted octanol–water partition coefficient (Wildman–Crippen LogP) is -2.14. The number of amides is 11. The molecule has 0 radical (unpaired) electrons. The number of carboxylic acids is 1. The minimum Gasteiger partial charge on any atom is -0.481 e. The summed E-state index contributed by atoms with van der Waals surface area (Å²) in [7, 11) is 1.86. The molecule has 1 aromatic heterocycles. The molecule has 6 rings (SSSR count). The number of fused-ring (bicyclic) bond motifs is 1. The van der Waals surface area contributed by atoms with Crippen molar-refractivity contribution in [2.24, 2.45) is 16.5 Å². The van der Waals surface area contributed by atoms with Gasteiger partial charge < -0.3 is 74.7 Å². The van der Waals surface area contributed by atoms with Crippen LogP contribution in [0.5, 0.6) is 0 Å². The van der Waals surface area contributed by atoms with Crippen LogP contribution in [0.4, 0.5) is 4.79 Å². The summed E-state index contributed by atoms with van der Waals surface area (Å²) < 4.78 is 0. The summed E-state index contributed by atoms with van der Waals surface area (Å²) in [6.45, 7) is 1.72. The normalized spacial score (nSPS) is 23.9. The number of hydrogen-bond donors (Lipinski definition) is 15. The van der Waals surface area contributed by atoms with Crippen molar-refractivity contribution in [2.75, 3.05) is 31.1 Å². The van der Waals surface area contributed by atoms with Gasteiger partial charge in [-0.1, -0.05) is 89.9 Å². The number of aliphatic carboxylic acids is 1. The standard InChI is InChI=1S/C52H70N16O12S2/c1-2-3-15-40(68-41(69)24-59-52(68)80)50(79)67-39-26-82-81-25-38(43(53)72)66-47(76)36(20-29-22-58-32-13-8-7-12-31(29)32)64-44(73)33(14-9-18-57-51(54)55)61-46(75)35(19-28-10-5-4-6-11-28)63-48(77)37(21-30-23-56-27-60-30)65-45(74)34(62-49(39)78)16-17-42(70)71/h4-8,10-13,22,27,30,33-40,58H,2-3,9,14-21,23-26H2,1H3,(H2,53,72)(H,56,60)(H,59,80)(H,61,75)(H,62,78)(H,63,77)(H,64,73)(H,65,74)(H,66,76)(H,67,79)(H,70,71)(H4,54,55,57)/t30?,33-,34-,35+,36-,37-,38-,39-,40-/m0/s1. The third-order valence-electron chi connectivity index (χ3n) is 13.6. The van der Waals surface area contributed by atoms with Gasteiger partial charge in [0.15, 0.2) is 5.96 Å². The van der Waals surface area contributed by atoms with E-state index in [0.717, 1.165) is 32.0 Å². The Morgan fingerprint density at radius 3 is 2.05 bits per heavy atom. The summed E-state index contributed by atoms with van der Waals surface area (Å²) in [6.07, 6.45) is 2.45. The molecule has 2 aromatic carbocycles. The lowest BCUT2D eigenvalue weighted by molar-refractivity contribution is -0.139. The largest absolute Gasteiger partial charge is 0.481 e. The van der Waals surface area contributed by atoms with E-state index in [1.165, 1.54) is 6.34 Å². The van der Waals surface area contributed by atoms with E-state index in [1.54, 1.807) is 54.7 Å². The van der Waals surface area contributed by atoms with Crippen LogP contribution in [0.3, 0.4) is 0 Å². The summed E-state index contributed by atoms with van der Waals surface area (Å²) in [6, 6.07) is 2.53. The van der Waals surface area contributed by atoms with E-state index in [4.69, 9.17) is 16.9 Å². The number of carbonyl (C=O) groups is 11. The number of H-pyrrole nitrogens is 1. The third kappa shape index (κ3) is 18.6. The Kier molecular flexibility index (Phi) is 23.7. The van der Waals surface area contributed by atoms with E-state index >= 15 is 0 Å². The maximum absolute atomic E-state index is 14.8. The van der Waals surface area contributed by atoms with E-state index in [1.807, 2.05) is 13.0 Å². The van der Waals surface area contributed by atoms with Gasteiger partial charge in [0, 0.05) is 60.5 Å². The molecule has 2 fully saturated rings. The molecule has 0 spiro atoms. The Morgan fingerprint density at radius 2 is 1.39 bits per heavy atom. The van der Waals surface area contributed by atoms with E-state index in [2.05, 4.69) is 63.1 Å². The molecule has 17 N–H and O–H groups in total. The molecular formula is C52H70N16O12S2. The second-order valence-corrected chi connectivity index (χ2v) is 22.3. The van der Waals surface area contributed by atoms with Gasteiger partial charge in [-0.2, -0.15) is 0 Å². The number of rotatable bonds is 20. The maximum Gasteiger partial charge on any atom is 0.325 e. The number of aliphatic imine (C=N–C) groups is 1. The average molecular weight is 1180 g/mol. The van der Waals surface area contributed by atoms with Crippen LogP contribution in [0, 0.1) is 5.41 Å². The number of aromatic amines is 1. The molecule has 442 valence electrons. The molecule has 0 aliphatic carbocycles. The van der Waals surface area contributed by atoms with Gasteiger partial charge in [0.2, 0.25) is 47.3 Å². The molecule has 4 heterocycles. The van der Waals surface area contributed by atoms with Gasteiger partial charge in [0.1, 0.15) is 48.3 Å². The fourth-order valence-electron chi connectivity index (χ4n) is 9.21. The maximum atomic E-state index is 14.8. The summed E-state index contributed by atoms with van der Waals surface area (Å²) in [5.74, 6) is -10.4. The first-order chi connectivity index (χ1) is 39.3. The number of benzene rings is 2. The summed E-state index contributed by atoms with van der Waals surface area (Å²) >= 11 is 0. The number of para-hydroxylation sites is 1. The quantitative estimate of drug-likeness (QED) is 0.0189. The van der Waals surface area contributed by atoms with Crippen molar-refractivity contribution in [3.8, 4) is 0 Å². The van der Waals surface area contributed by atoms with E-state index in [9.17, 15) is 57.8 Å².